The number of fused-ring (bicyclic) bond motifs is 3. The van der Waals surface area contributed by atoms with Gasteiger partial charge in [-0.05, 0) is 24.3 Å². The van der Waals surface area contributed by atoms with Gasteiger partial charge in [0.15, 0.2) is 11.6 Å². The topological polar surface area (TPSA) is 54.7 Å². The van der Waals surface area contributed by atoms with Gasteiger partial charge in [-0.2, -0.15) is 0 Å². The van der Waals surface area contributed by atoms with E-state index < -0.39 is 0 Å². The number of pyridine rings is 1. The fraction of sp³-hybridized carbons (Fsp3) is 0. The minimum absolute atomic E-state index is 0.730. The second-order valence-electron chi connectivity index (χ2n) is 4.10. The van der Waals surface area contributed by atoms with Gasteiger partial charge in [0, 0.05) is 11.6 Å². The third kappa shape index (κ3) is 1.26. The SMILES string of the molecule is c1coc(-c2nc3c(ccc4cccnc43)[nH]2)c1. The highest BCUT2D eigenvalue weighted by atomic mass is 16.3. The molecule has 0 saturated carbocycles. The molecule has 0 spiro atoms. The van der Waals surface area contributed by atoms with Crippen molar-refractivity contribution in [2.24, 2.45) is 0 Å². The molecule has 0 bridgehead atoms. The Hall–Kier alpha value is -2.62. The molecule has 1 aromatic carbocycles. The maximum Gasteiger partial charge on any atom is 0.174 e. The predicted octanol–water partition coefficient (Wildman–Crippen LogP) is 3.37. The lowest BCUT2D eigenvalue weighted by Crippen LogP contribution is -1.79. The molecule has 4 aromatic rings. The predicted molar refractivity (Wildman–Crippen MR) is 69.1 cm³/mol. The van der Waals surface area contributed by atoms with Crippen molar-refractivity contribution in [3.63, 3.8) is 0 Å². The Balaban J connectivity index is 2.08. The highest BCUT2D eigenvalue weighted by Crippen LogP contribution is 2.25. The molecule has 18 heavy (non-hydrogen) atoms. The van der Waals surface area contributed by atoms with Crippen LogP contribution >= 0.6 is 0 Å². The number of hydrogen-bond donors (Lipinski definition) is 1. The lowest BCUT2D eigenvalue weighted by Gasteiger charge is -1.95. The van der Waals surface area contributed by atoms with Crippen molar-refractivity contribution in [2.45, 2.75) is 0 Å². The van der Waals surface area contributed by atoms with Gasteiger partial charge < -0.3 is 9.40 Å². The van der Waals surface area contributed by atoms with E-state index in [-0.39, 0.29) is 0 Å². The first-order valence-corrected chi connectivity index (χ1v) is 5.69. The molecule has 0 amide bonds. The summed E-state index contributed by atoms with van der Waals surface area (Å²) in [5, 5.41) is 1.09. The van der Waals surface area contributed by atoms with Gasteiger partial charge in [0.1, 0.15) is 5.52 Å². The van der Waals surface area contributed by atoms with Crippen molar-refractivity contribution in [2.75, 3.05) is 0 Å². The van der Waals surface area contributed by atoms with Crippen molar-refractivity contribution in [3.05, 3.63) is 48.9 Å². The van der Waals surface area contributed by atoms with Crippen molar-refractivity contribution < 1.29 is 4.42 Å². The maximum absolute atomic E-state index is 5.35. The second-order valence-corrected chi connectivity index (χ2v) is 4.10. The van der Waals surface area contributed by atoms with Gasteiger partial charge >= 0.3 is 0 Å². The van der Waals surface area contributed by atoms with Gasteiger partial charge in [-0.1, -0.05) is 12.1 Å². The van der Waals surface area contributed by atoms with E-state index in [9.17, 15) is 0 Å². The smallest absolute Gasteiger partial charge is 0.174 e. The molecule has 0 atom stereocenters. The summed E-state index contributed by atoms with van der Waals surface area (Å²) in [5.41, 5.74) is 2.75. The minimum Gasteiger partial charge on any atom is -0.461 e. The molecule has 86 valence electrons. The molecule has 3 aromatic heterocycles. The van der Waals surface area contributed by atoms with Crippen LogP contribution in [0.5, 0.6) is 0 Å². The van der Waals surface area contributed by atoms with Crippen LogP contribution in [0.15, 0.2) is 53.3 Å². The van der Waals surface area contributed by atoms with Crippen molar-refractivity contribution in [1.29, 1.82) is 0 Å². The van der Waals surface area contributed by atoms with Gasteiger partial charge in [-0.15, -0.1) is 0 Å². The van der Waals surface area contributed by atoms with E-state index in [0.717, 1.165) is 33.5 Å². The number of aromatic amines is 1. The van der Waals surface area contributed by atoms with Gasteiger partial charge in [0.05, 0.1) is 17.3 Å². The third-order valence-electron chi connectivity index (χ3n) is 2.98. The summed E-state index contributed by atoms with van der Waals surface area (Å²) in [6, 6.07) is 11.7. The molecule has 0 aliphatic heterocycles. The fourth-order valence-electron chi connectivity index (χ4n) is 2.14. The minimum atomic E-state index is 0.730. The van der Waals surface area contributed by atoms with Crippen LogP contribution in [-0.4, -0.2) is 15.0 Å². The van der Waals surface area contributed by atoms with Crippen LogP contribution < -0.4 is 0 Å². The number of aromatic nitrogens is 3. The van der Waals surface area contributed by atoms with E-state index in [1.807, 2.05) is 36.4 Å². The molecule has 0 aliphatic carbocycles. The largest absolute Gasteiger partial charge is 0.461 e. The maximum atomic E-state index is 5.35. The Bertz CT molecular complexity index is 831. The van der Waals surface area contributed by atoms with Crippen LogP contribution in [0.25, 0.3) is 33.5 Å². The monoisotopic (exact) mass is 235 g/mol. The zero-order chi connectivity index (χ0) is 11.9. The van der Waals surface area contributed by atoms with E-state index in [0.29, 0.717) is 0 Å². The summed E-state index contributed by atoms with van der Waals surface area (Å²) in [5.74, 6) is 1.46. The number of benzene rings is 1. The van der Waals surface area contributed by atoms with E-state index >= 15 is 0 Å². The quantitative estimate of drug-likeness (QED) is 0.550. The van der Waals surface area contributed by atoms with Crippen LogP contribution in [0, 0.1) is 0 Å². The van der Waals surface area contributed by atoms with Crippen molar-refractivity contribution in [3.8, 4) is 11.6 Å². The molecule has 0 fully saturated rings. The van der Waals surface area contributed by atoms with Crippen LogP contribution in [0.4, 0.5) is 0 Å². The van der Waals surface area contributed by atoms with Gasteiger partial charge in [-0.3, -0.25) is 4.98 Å². The first kappa shape index (κ1) is 9.41. The molecule has 3 heterocycles. The lowest BCUT2D eigenvalue weighted by molar-refractivity contribution is 0.578. The Labute approximate surface area is 102 Å². The normalized spacial score (nSPS) is 11.3. The lowest BCUT2D eigenvalue weighted by atomic mass is 10.2. The number of hydrogen-bond acceptors (Lipinski definition) is 3. The number of furan rings is 1. The molecule has 0 radical (unpaired) electrons. The number of H-pyrrole nitrogens is 1. The van der Waals surface area contributed by atoms with Crippen LogP contribution in [0.2, 0.25) is 0 Å². The molecule has 0 unspecified atom stereocenters. The number of nitrogens with zero attached hydrogens (tertiary/aromatic N) is 2. The van der Waals surface area contributed by atoms with Crippen LogP contribution in [0.3, 0.4) is 0 Å². The fourth-order valence-corrected chi connectivity index (χ4v) is 2.14. The molecule has 0 aliphatic rings. The van der Waals surface area contributed by atoms with Gasteiger partial charge in [-0.25, -0.2) is 4.98 Å². The zero-order valence-electron chi connectivity index (χ0n) is 9.42. The highest BCUT2D eigenvalue weighted by Gasteiger charge is 2.10. The highest BCUT2D eigenvalue weighted by molar-refractivity contribution is 6.02. The summed E-state index contributed by atoms with van der Waals surface area (Å²) in [6.45, 7) is 0. The zero-order valence-corrected chi connectivity index (χ0v) is 9.42. The molecule has 4 heteroatoms. The average Bonchev–Trinajstić information content (AvgIpc) is 3.07. The Morgan fingerprint density at radius 1 is 1.00 bits per heavy atom. The van der Waals surface area contributed by atoms with Crippen LogP contribution in [0.1, 0.15) is 0 Å². The summed E-state index contributed by atoms with van der Waals surface area (Å²) in [7, 11) is 0. The van der Waals surface area contributed by atoms with Gasteiger partial charge in [0.25, 0.3) is 0 Å². The summed E-state index contributed by atoms with van der Waals surface area (Å²) >= 11 is 0. The Morgan fingerprint density at radius 3 is 2.89 bits per heavy atom. The number of nitrogens with one attached hydrogen (secondary N) is 1. The average molecular weight is 235 g/mol. The second kappa shape index (κ2) is 3.43. The van der Waals surface area contributed by atoms with E-state index in [2.05, 4.69) is 15.0 Å². The molecular formula is C14H9N3O. The van der Waals surface area contributed by atoms with E-state index in [4.69, 9.17) is 4.42 Å². The first-order chi connectivity index (χ1) is 8.92. The molecule has 4 rings (SSSR count). The summed E-state index contributed by atoms with van der Waals surface area (Å²) in [4.78, 5) is 12.2. The van der Waals surface area contributed by atoms with Crippen molar-refractivity contribution in [1.82, 2.24) is 15.0 Å². The first-order valence-electron chi connectivity index (χ1n) is 5.69. The summed E-state index contributed by atoms with van der Waals surface area (Å²) < 4.78 is 5.35. The molecule has 4 nitrogen and oxygen atoms in total. The van der Waals surface area contributed by atoms with E-state index in [1.54, 1.807) is 12.5 Å². The number of imidazole rings is 1. The van der Waals surface area contributed by atoms with Crippen LogP contribution in [-0.2, 0) is 0 Å². The number of rotatable bonds is 1. The molecule has 1 N–H and O–H groups in total. The summed E-state index contributed by atoms with van der Waals surface area (Å²) in [6.07, 6.45) is 3.42. The standard InChI is InChI=1S/C14H9N3O/c1-3-9-5-6-10-13(12(9)15-7-1)17-14(16-10)11-4-2-8-18-11/h1-8H,(H,16,17). The Kier molecular flexibility index (Phi) is 1.80. The molecular weight excluding hydrogens is 226 g/mol. The van der Waals surface area contributed by atoms with E-state index in [1.165, 1.54) is 0 Å². The van der Waals surface area contributed by atoms with Crippen molar-refractivity contribution >= 4 is 21.9 Å². The van der Waals surface area contributed by atoms with Gasteiger partial charge in [0.2, 0.25) is 0 Å². The molecule has 0 saturated heterocycles. The Morgan fingerprint density at radius 2 is 2.00 bits per heavy atom. The third-order valence-corrected chi connectivity index (χ3v) is 2.98.